The molecule has 0 aliphatic rings. The molecule has 0 spiro atoms. The summed E-state index contributed by atoms with van der Waals surface area (Å²) >= 11 is 3.37. The van der Waals surface area contributed by atoms with E-state index in [1.807, 2.05) is 39.0 Å². The van der Waals surface area contributed by atoms with Gasteiger partial charge in [-0.05, 0) is 70.6 Å². The lowest BCUT2D eigenvalue weighted by atomic mass is 10.0. The van der Waals surface area contributed by atoms with E-state index in [2.05, 4.69) is 36.5 Å². The number of hydrazone groups is 1. The minimum atomic E-state index is -0.763. The van der Waals surface area contributed by atoms with Crippen molar-refractivity contribution < 1.29 is 28.6 Å². The first-order valence-electron chi connectivity index (χ1n) is 11.0. The van der Waals surface area contributed by atoms with Crippen molar-refractivity contribution in [1.82, 2.24) is 10.7 Å². The Kier molecular flexibility index (Phi) is 11.2. The van der Waals surface area contributed by atoms with Crippen LogP contribution in [0.25, 0.3) is 0 Å². The molecule has 2 aromatic rings. The molecular formula is C25H30BrN3O6. The maximum Gasteiger partial charge on any atom is 0.343 e. The lowest BCUT2D eigenvalue weighted by Crippen LogP contribution is -2.47. The lowest BCUT2D eigenvalue weighted by Gasteiger charge is -2.19. The van der Waals surface area contributed by atoms with Gasteiger partial charge in [0.1, 0.15) is 17.5 Å². The monoisotopic (exact) mass is 547 g/mol. The van der Waals surface area contributed by atoms with Gasteiger partial charge in [0, 0.05) is 0 Å². The van der Waals surface area contributed by atoms with Gasteiger partial charge in [-0.3, -0.25) is 9.59 Å². The van der Waals surface area contributed by atoms with Gasteiger partial charge in [-0.2, -0.15) is 5.10 Å². The van der Waals surface area contributed by atoms with E-state index in [1.54, 1.807) is 24.3 Å². The van der Waals surface area contributed by atoms with Crippen LogP contribution in [0.15, 0.2) is 52.0 Å². The Morgan fingerprint density at radius 2 is 1.77 bits per heavy atom. The second kappa shape index (κ2) is 14.1. The number of ether oxygens (including phenoxy) is 3. The van der Waals surface area contributed by atoms with Crippen molar-refractivity contribution in [3.05, 3.63) is 58.1 Å². The fraction of sp³-hybridized carbons (Fsp3) is 0.360. The fourth-order valence-electron chi connectivity index (χ4n) is 2.96. The van der Waals surface area contributed by atoms with Gasteiger partial charge in [0.2, 0.25) is 0 Å². The Labute approximate surface area is 213 Å². The van der Waals surface area contributed by atoms with Crippen LogP contribution in [0.1, 0.15) is 31.4 Å². The van der Waals surface area contributed by atoms with Gasteiger partial charge in [-0.15, -0.1) is 0 Å². The summed E-state index contributed by atoms with van der Waals surface area (Å²) in [5.74, 6) is -0.0779. The molecule has 0 saturated heterocycles. The lowest BCUT2D eigenvalue weighted by molar-refractivity contribution is -0.143. The van der Waals surface area contributed by atoms with E-state index in [0.29, 0.717) is 28.0 Å². The van der Waals surface area contributed by atoms with E-state index in [0.717, 1.165) is 5.56 Å². The number of nitrogens with one attached hydrogen (secondary N) is 2. The number of methoxy groups -OCH3 is 1. The van der Waals surface area contributed by atoms with Gasteiger partial charge in [0.25, 0.3) is 11.8 Å². The van der Waals surface area contributed by atoms with Crippen LogP contribution in [0.3, 0.4) is 0 Å². The predicted octanol–water partition coefficient (Wildman–Crippen LogP) is 3.37. The van der Waals surface area contributed by atoms with Crippen LogP contribution in [0.5, 0.6) is 11.5 Å². The molecule has 2 aromatic carbocycles. The smallest absolute Gasteiger partial charge is 0.343 e. The largest absolute Gasteiger partial charge is 0.484 e. The maximum atomic E-state index is 12.7. The maximum absolute atomic E-state index is 12.7. The molecule has 2 N–H and O–H groups in total. The number of nitrogens with zero attached hydrogens (tertiary/aromatic N) is 1. The van der Waals surface area contributed by atoms with Crippen molar-refractivity contribution >= 4 is 39.9 Å². The van der Waals surface area contributed by atoms with Crippen molar-refractivity contribution in [3.8, 4) is 11.5 Å². The minimum Gasteiger partial charge on any atom is -0.484 e. The van der Waals surface area contributed by atoms with Crippen molar-refractivity contribution in [2.75, 3.05) is 20.3 Å². The first-order chi connectivity index (χ1) is 16.7. The molecule has 0 heterocycles. The SMILES string of the molecule is COC(=O)COc1ccc(/C=N\NC(=O)[C@@H](CC(C)C)NC(=O)COc2ccccc2C)cc1Br. The number of amides is 2. The molecule has 9 nitrogen and oxygen atoms in total. The number of rotatable bonds is 12. The van der Waals surface area contributed by atoms with Crippen molar-refractivity contribution in [1.29, 1.82) is 0 Å². The van der Waals surface area contributed by atoms with Crippen molar-refractivity contribution in [2.45, 2.75) is 33.2 Å². The number of para-hydroxylation sites is 1. The molecule has 10 heteroatoms. The summed E-state index contributed by atoms with van der Waals surface area (Å²) in [5.41, 5.74) is 4.07. The van der Waals surface area contributed by atoms with Gasteiger partial charge >= 0.3 is 5.97 Å². The highest BCUT2D eigenvalue weighted by Gasteiger charge is 2.22. The summed E-state index contributed by atoms with van der Waals surface area (Å²) in [6.07, 6.45) is 1.90. The summed E-state index contributed by atoms with van der Waals surface area (Å²) in [4.78, 5) is 36.3. The number of carbonyl (C=O) groups excluding carboxylic acids is 3. The van der Waals surface area contributed by atoms with Crippen LogP contribution in [0.2, 0.25) is 0 Å². The average molecular weight is 548 g/mol. The topological polar surface area (TPSA) is 115 Å². The quantitative estimate of drug-likeness (QED) is 0.239. The summed E-state index contributed by atoms with van der Waals surface area (Å²) in [6, 6.07) is 11.7. The third-order valence-corrected chi connectivity index (χ3v) is 5.35. The van der Waals surface area contributed by atoms with Gasteiger partial charge in [0.15, 0.2) is 13.2 Å². The number of esters is 1. The third-order valence-electron chi connectivity index (χ3n) is 4.73. The number of halogens is 1. The van der Waals surface area contributed by atoms with Crippen molar-refractivity contribution in [3.63, 3.8) is 0 Å². The zero-order valence-corrected chi connectivity index (χ0v) is 21.8. The highest BCUT2D eigenvalue weighted by atomic mass is 79.9. The first-order valence-corrected chi connectivity index (χ1v) is 11.8. The molecule has 0 aromatic heterocycles. The Balaban J connectivity index is 1.92. The second-order valence-corrected chi connectivity index (χ2v) is 8.95. The number of aryl methyl sites for hydroxylation is 1. The Morgan fingerprint density at radius 3 is 2.43 bits per heavy atom. The Morgan fingerprint density at radius 1 is 1.06 bits per heavy atom. The van der Waals surface area contributed by atoms with Gasteiger partial charge in [-0.25, -0.2) is 10.2 Å². The van der Waals surface area contributed by atoms with Gasteiger partial charge in [0.05, 0.1) is 17.8 Å². The summed E-state index contributed by atoms with van der Waals surface area (Å²) in [6.45, 7) is 5.40. The molecule has 0 aliphatic carbocycles. The Bertz CT molecular complexity index is 1060. The van der Waals surface area contributed by atoms with Gasteiger partial charge < -0.3 is 19.5 Å². The van der Waals surface area contributed by atoms with Crippen molar-refractivity contribution in [2.24, 2.45) is 11.0 Å². The van der Waals surface area contributed by atoms with Crippen LogP contribution in [0.4, 0.5) is 0 Å². The summed E-state index contributed by atoms with van der Waals surface area (Å²) in [5, 5.41) is 6.72. The molecule has 2 amide bonds. The molecule has 0 saturated carbocycles. The third kappa shape index (κ3) is 9.78. The molecule has 0 bridgehead atoms. The van der Waals surface area contributed by atoms with Crippen LogP contribution >= 0.6 is 15.9 Å². The van der Waals surface area contributed by atoms with Crippen LogP contribution in [-0.2, 0) is 19.1 Å². The van der Waals surface area contributed by atoms with E-state index in [-0.39, 0.29) is 19.1 Å². The highest BCUT2D eigenvalue weighted by molar-refractivity contribution is 9.10. The predicted molar refractivity (Wildman–Crippen MR) is 135 cm³/mol. The molecule has 0 aliphatic heterocycles. The Hall–Kier alpha value is -3.40. The van der Waals surface area contributed by atoms with E-state index in [1.165, 1.54) is 13.3 Å². The first kappa shape index (κ1) is 27.8. The number of hydrogen-bond acceptors (Lipinski definition) is 7. The fourth-order valence-corrected chi connectivity index (χ4v) is 3.47. The second-order valence-electron chi connectivity index (χ2n) is 8.09. The van der Waals surface area contributed by atoms with E-state index >= 15 is 0 Å². The minimum absolute atomic E-state index is 0.167. The zero-order valence-electron chi connectivity index (χ0n) is 20.2. The standard InChI is InChI=1S/C25H30BrN3O6/c1-16(2)11-20(28-23(30)14-34-21-8-6-5-7-17(21)3)25(32)29-27-13-18-9-10-22(19(26)12-18)35-15-24(31)33-4/h5-10,12-13,16,20H,11,14-15H2,1-4H3,(H,28,30)(H,29,32)/b27-13-/t20-/m1/s1. The molecule has 188 valence electrons. The molecule has 1 atom stereocenters. The molecule has 0 unspecified atom stereocenters. The summed E-state index contributed by atoms with van der Waals surface area (Å²) < 4.78 is 16.1. The molecule has 35 heavy (non-hydrogen) atoms. The summed E-state index contributed by atoms with van der Waals surface area (Å²) in [7, 11) is 1.28. The highest BCUT2D eigenvalue weighted by Crippen LogP contribution is 2.25. The molecular weight excluding hydrogens is 518 g/mol. The number of hydrogen-bond donors (Lipinski definition) is 2. The van der Waals surface area contributed by atoms with Crippen LogP contribution < -0.4 is 20.2 Å². The van der Waals surface area contributed by atoms with Crippen LogP contribution in [-0.4, -0.2) is 50.4 Å². The molecule has 2 rings (SSSR count). The zero-order chi connectivity index (χ0) is 25.8. The normalized spacial score (nSPS) is 11.7. The van der Waals surface area contributed by atoms with E-state index in [9.17, 15) is 14.4 Å². The number of benzene rings is 2. The van der Waals surface area contributed by atoms with E-state index in [4.69, 9.17) is 9.47 Å². The van der Waals surface area contributed by atoms with Crippen LogP contribution in [0, 0.1) is 12.8 Å². The average Bonchev–Trinajstić information content (AvgIpc) is 2.82. The molecule has 0 radical (unpaired) electrons. The molecule has 0 fully saturated rings. The van der Waals surface area contributed by atoms with Gasteiger partial charge in [-0.1, -0.05) is 32.0 Å². The van der Waals surface area contributed by atoms with E-state index < -0.39 is 23.8 Å². The number of carbonyl (C=O) groups is 3.